The maximum Gasteiger partial charge on any atom is 0.315 e. The summed E-state index contributed by atoms with van der Waals surface area (Å²) in [5, 5.41) is 5.78. The minimum absolute atomic E-state index is 0.0734. The van der Waals surface area contributed by atoms with Crippen LogP contribution in [0.5, 0.6) is 0 Å². The smallest absolute Gasteiger partial charge is 0.315 e. The first-order valence-corrected chi connectivity index (χ1v) is 6.83. The quantitative estimate of drug-likeness (QED) is 0.849. The van der Waals surface area contributed by atoms with E-state index in [0.29, 0.717) is 6.54 Å². The number of hydrogen-bond acceptors (Lipinski definition) is 2. The van der Waals surface area contributed by atoms with Gasteiger partial charge in [0.05, 0.1) is 12.5 Å². The third-order valence-electron chi connectivity index (χ3n) is 3.04. The van der Waals surface area contributed by atoms with Gasteiger partial charge >= 0.3 is 6.03 Å². The Morgan fingerprint density at radius 2 is 2.00 bits per heavy atom. The van der Waals surface area contributed by atoms with Gasteiger partial charge in [-0.3, -0.25) is 0 Å². The number of carbonyl (C=O) groups excluding carboxylic acids is 1. The summed E-state index contributed by atoms with van der Waals surface area (Å²) in [5.74, 6) is 0. The van der Waals surface area contributed by atoms with Crippen molar-refractivity contribution < 1.29 is 9.21 Å². The van der Waals surface area contributed by atoms with Crippen LogP contribution in [0, 0.1) is 0 Å². The number of benzene rings is 1. The van der Waals surface area contributed by atoms with Crippen LogP contribution in [0.25, 0.3) is 0 Å². The Balaban J connectivity index is 1.65. The molecule has 2 aromatic rings. The Hall–Kier alpha value is -2.23. The molecule has 1 aromatic heterocycles. The highest BCUT2D eigenvalue weighted by Gasteiger charge is 2.08. The fourth-order valence-corrected chi connectivity index (χ4v) is 2.05. The van der Waals surface area contributed by atoms with Gasteiger partial charge in [-0.2, -0.15) is 0 Å². The van der Waals surface area contributed by atoms with E-state index in [9.17, 15) is 4.79 Å². The van der Waals surface area contributed by atoms with Crippen molar-refractivity contribution in [3.05, 3.63) is 60.1 Å². The molecule has 4 heteroatoms. The zero-order valence-corrected chi connectivity index (χ0v) is 11.6. The largest absolute Gasteiger partial charge is 0.472 e. The highest BCUT2D eigenvalue weighted by molar-refractivity contribution is 5.74. The van der Waals surface area contributed by atoms with E-state index >= 15 is 0 Å². The molecule has 0 saturated carbocycles. The van der Waals surface area contributed by atoms with Crippen molar-refractivity contribution in [2.45, 2.75) is 25.8 Å². The molecule has 0 aliphatic heterocycles. The predicted octanol–water partition coefficient (Wildman–Crippen LogP) is 2.75. The lowest BCUT2D eigenvalue weighted by atomic mass is 10.1. The van der Waals surface area contributed by atoms with E-state index in [0.717, 1.165) is 18.4 Å². The first kappa shape index (κ1) is 14.2. The summed E-state index contributed by atoms with van der Waals surface area (Å²) in [4.78, 5) is 11.7. The molecular formula is C16H20N2O2. The summed E-state index contributed by atoms with van der Waals surface area (Å²) < 4.78 is 5.01. The Labute approximate surface area is 119 Å². The van der Waals surface area contributed by atoms with Crippen LogP contribution in [0.3, 0.4) is 0 Å². The summed E-state index contributed by atoms with van der Waals surface area (Å²) in [5.41, 5.74) is 2.31. The standard InChI is InChI=1S/C16H20N2O2/c1-13(11-15-8-10-20-12-15)18-16(19)17-9-7-14-5-3-2-4-6-14/h2-6,8,10,12-13H,7,9,11H2,1H3,(H2,17,18,19). The molecule has 0 bridgehead atoms. The van der Waals surface area contributed by atoms with Crippen molar-refractivity contribution >= 4 is 6.03 Å². The molecule has 1 atom stereocenters. The van der Waals surface area contributed by atoms with Crippen LogP contribution < -0.4 is 10.6 Å². The van der Waals surface area contributed by atoms with Gasteiger partial charge in [-0.15, -0.1) is 0 Å². The number of hydrogen-bond donors (Lipinski definition) is 2. The van der Waals surface area contributed by atoms with Gasteiger partial charge < -0.3 is 15.1 Å². The number of amides is 2. The lowest BCUT2D eigenvalue weighted by Crippen LogP contribution is -2.42. The average molecular weight is 272 g/mol. The molecule has 2 N–H and O–H groups in total. The molecule has 20 heavy (non-hydrogen) atoms. The second-order valence-corrected chi connectivity index (χ2v) is 4.87. The molecule has 1 aromatic carbocycles. The summed E-state index contributed by atoms with van der Waals surface area (Å²) in [6.07, 6.45) is 4.94. The van der Waals surface area contributed by atoms with E-state index < -0.39 is 0 Å². The monoisotopic (exact) mass is 272 g/mol. The first-order chi connectivity index (χ1) is 9.74. The van der Waals surface area contributed by atoms with E-state index in [-0.39, 0.29) is 12.1 Å². The normalized spacial score (nSPS) is 11.8. The van der Waals surface area contributed by atoms with Crippen molar-refractivity contribution in [1.29, 1.82) is 0 Å². The number of furan rings is 1. The number of rotatable bonds is 6. The first-order valence-electron chi connectivity index (χ1n) is 6.83. The third-order valence-corrected chi connectivity index (χ3v) is 3.04. The topological polar surface area (TPSA) is 54.3 Å². The highest BCUT2D eigenvalue weighted by atomic mass is 16.3. The second kappa shape index (κ2) is 7.38. The number of nitrogens with one attached hydrogen (secondary N) is 2. The minimum Gasteiger partial charge on any atom is -0.472 e. The van der Waals surface area contributed by atoms with Crippen LogP contribution in [-0.2, 0) is 12.8 Å². The summed E-state index contributed by atoms with van der Waals surface area (Å²) in [7, 11) is 0. The van der Waals surface area contributed by atoms with E-state index in [1.807, 2.05) is 31.2 Å². The molecule has 0 saturated heterocycles. The lowest BCUT2D eigenvalue weighted by Gasteiger charge is -2.13. The molecule has 1 unspecified atom stereocenters. The number of carbonyl (C=O) groups is 1. The number of urea groups is 1. The van der Waals surface area contributed by atoms with Crippen molar-refractivity contribution in [3.63, 3.8) is 0 Å². The van der Waals surface area contributed by atoms with Gasteiger partial charge in [0.25, 0.3) is 0 Å². The molecule has 2 rings (SSSR count). The third kappa shape index (κ3) is 4.80. The zero-order valence-electron chi connectivity index (χ0n) is 11.6. The fraction of sp³-hybridized carbons (Fsp3) is 0.312. The van der Waals surface area contributed by atoms with Gasteiger partial charge in [-0.25, -0.2) is 4.79 Å². The van der Waals surface area contributed by atoms with Crippen molar-refractivity contribution in [2.24, 2.45) is 0 Å². The molecule has 1 heterocycles. The molecule has 0 fully saturated rings. The molecular weight excluding hydrogens is 252 g/mol. The highest BCUT2D eigenvalue weighted by Crippen LogP contribution is 2.03. The Kier molecular flexibility index (Phi) is 5.24. The van der Waals surface area contributed by atoms with Crippen LogP contribution in [0.4, 0.5) is 4.79 Å². The van der Waals surface area contributed by atoms with Crippen molar-refractivity contribution in [1.82, 2.24) is 10.6 Å². The second-order valence-electron chi connectivity index (χ2n) is 4.87. The van der Waals surface area contributed by atoms with Gasteiger partial charge in [-0.05, 0) is 37.0 Å². The average Bonchev–Trinajstić information content (AvgIpc) is 2.92. The van der Waals surface area contributed by atoms with E-state index in [1.54, 1.807) is 12.5 Å². The molecule has 0 spiro atoms. The van der Waals surface area contributed by atoms with Crippen molar-refractivity contribution in [3.8, 4) is 0 Å². The Morgan fingerprint density at radius 3 is 2.70 bits per heavy atom. The van der Waals surface area contributed by atoms with Crippen LogP contribution in [0.15, 0.2) is 53.3 Å². The zero-order chi connectivity index (χ0) is 14.2. The maximum atomic E-state index is 11.7. The SMILES string of the molecule is CC(Cc1ccoc1)NC(=O)NCCc1ccccc1. The van der Waals surface area contributed by atoms with Crippen molar-refractivity contribution in [2.75, 3.05) is 6.54 Å². The van der Waals surface area contributed by atoms with Gasteiger partial charge in [0.15, 0.2) is 0 Å². The van der Waals surface area contributed by atoms with Crippen LogP contribution in [-0.4, -0.2) is 18.6 Å². The van der Waals surface area contributed by atoms with Gasteiger partial charge in [0, 0.05) is 12.6 Å². The van der Waals surface area contributed by atoms with E-state index in [4.69, 9.17) is 4.42 Å². The molecule has 0 radical (unpaired) electrons. The summed E-state index contributed by atoms with van der Waals surface area (Å²) in [6.45, 7) is 2.61. The molecule has 2 amide bonds. The van der Waals surface area contributed by atoms with Crippen LogP contribution in [0.1, 0.15) is 18.1 Å². The Morgan fingerprint density at radius 1 is 1.20 bits per heavy atom. The Bertz CT molecular complexity index is 509. The van der Waals surface area contributed by atoms with Gasteiger partial charge in [0.1, 0.15) is 0 Å². The van der Waals surface area contributed by atoms with Gasteiger partial charge in [0.2, 0.25) is 0 Å². The van der Waals surface area contributed by atoms with E-state index in [2.05, 4.69) is 22.8 Å². The van der Waals surface area contributed by atoms with Gasteiger partial charge in [-0.1, -0.05) is 30.3 Å². The summed E-state index contributed by atoms with van der Waals surface area (Å²) >= 11 is 0. The predicted molar refractivity (Wildman–Crippen MR) is 78.6 cm³/mol. The fourth-order valence-electron chi connectivity index (χ4n) is 2.05. The molecule has 106 valence electrons. The summed E-state index contributed by atoms with van der Waals surface area (Å²) in [6, 6.07) is 12.0. The minimum atomic E-state index is -0.128. The molecule has 4 nitrogen and oxygen atoms in total. The van der Waals surface area contributed by atoms with E-state index in [1.165, 1.54) is 5.56 Å². The molecule has 0 aliphatic rings. The maximum absolute atomic E-state index is 11.7. The molecule has 0 aliphatic carbocycles. The lowest BCUT2D eigenvalue weighted by molar-refractivity contribution is 0.238. The van der Waals surface area contributed by atoms with Crippen LogP contribution in [0.2, 0.25) is 0 Å². The van der Waals surface area contributed by atoms with Crippen LogP contribution >= 0.6 is 0 Å².